The van der Waals surface area contributed by atoms with Gasteiger partial charge in [0.1, 0.15) is 0 Å². The number of hydrogen-bond acceptors (Lipinski definition) is 1. The maximum atomic E-state index is 10.6. The maximum absolute atomic E-state index is 10.6. The van der Waals surface area contributed by atoms with Crippen molar-refractivity contribution in [2.24, 2.45) is 0 Å². The molecule has 1 aliphatic carbocycles. The van der Waals surface area contributed by atoms with Crippen LogP contribution in [0.15, 0.2) is 18.2 Å². The summed E-state index contributed by atoms with van der Waals surface area (Å²) in [5.74, 6) is 0.678. The van der Waals surface area contributed by atoms with E-state index in [4.69, 9.17) is 0 Å². The minimum atomic E-state index is 0.678. The van der Waals surface area contributed by atoms with Gasteiger partial charge in [-0.25, -0.2) is 0 Å². The molecule has 0 unspecified atom stereocenters. The summed E-state index contributed by atoms with van der Waals surface area (Å²) in [5.41, 5.74) is 2.01. The minimum Gasteiger partial charge on any atom is -0.298 e. The molecule has 1 aromatic rings. The monoisotopic (exact) mass is 187 g/mol. The normalized spacial score (nSPS) is 18.0. The van der Waals surface area contributed by atoms with Crippen LogP contribution in [-0.4, -0.2) is 6.29 Å². The van der Waals surface area contributed by atoms with Crippen molar-refractivity contribution >= 4 is 6.29 Å². The highest BCUT2D eigenvalue weighted by Gasteiger charge is 2.15. The van der Waals surface area contributed by atoms with Crippen LogP contribution in [0.1, 0.15) is 53.9 Å². The molecular weight excluding hydrogens is 172 g/mol. The fraction of sp³-hybridized carbons (Fsp3) is 0.462. The molecule has 0 saturated heterocycles. The first kappa shape index (κ1) is 9.45. The second-order valence-corrected chi connectivity index (χ2v) is 4.03. The van der Waals surface area contributed by atoms with Crippen LogP contribution in [0.4, 0.5) is 0 Å². The number of aldehydes is 1. The highest BCUT2D eigenvalue weighted by atomic mass is 16.1. The van der Waals surface area contributed by atoms with E-state index in [0.717, 1.165) is 6.29 Å². The second-order valence-electron chi connectivity index (χ2n) is 4.03. The van der Waals surface area contributed by atoms with Gasteiger partial charge in [0.25, 0.3) is 0 Å². The Labute approximate surface area is 85.1 Å². The SMILES string of the molecule is O=Cc1[c]ccc(C2CCCCC2)c1. The number of carbonyl (C=O) groups excluding carboxylic acids is 1. The summed E-state index contributed by atoms with van der Waals surface area (Å²) in [6, 6.07) is 8.89. The Morgan fingerprint density at radius 2 is 2.07 bits per heavy atom. The molecular formula is C13H15O. The molecule has 0 N–H and O–H groups in total. The Hall–Kier alpha value is -1.11. The molecule has 14 heavy (non-hydrogen) atoms. The Morgan fingerprint density at radius 1 is 1.29 bits per heavy atom. The van der Waals surface area contributed by atoms with E-state index in [0.29, 0.717) is 11.5 Å². The third kappa shape index (κ3) is 2.03. The first-order chi connectivity index (χ1) is 6.90. The molecule has 0 aromatic heterocycles. The van der Waals surface area contributed by atoms with Crippen LogP contribution in [0.2, 0.25) is 0 Å². The number of benzene rings is 1. The molecule has 1 aliphatic rings. The van der Waals surface area contributed by atoms with E-state index < -0.39 is 0 Å². The topological polar surface area (TPSA) is 17.1 Å². The van der Waals surface area contributed by atoms with E-state index in [2.05, 4.69) is 12.1 Å². The van der Waals surface area contributed by atoms with Crippen molar-refractivity contribution in [2.45, 2.75) is 38.0 Å². The van der Waals surface area contributed by atoms with Crippen molar-refractivity contribution in [3.05, 3.63) is 35.4 Å². The molecule has 0 bridgehead atoms. The van der Waals surface area contributed by atoms with E-state index in [1.165, 1.54) is 37.7 Å². The zero-order chi connectivity index (χ0) is 9.80. The van der Waals surface area contributed by atoms with Gasteiger partial charge in [-0.1, -0.05) is 31.4 Å². The van der Waals surface area contributed by atoms with Gasteiger partial charge >= 0.3 is 0 Å². The van der Waals surface area contributed by atoms with Gasteiger partial charge in [-0.3, -0.25) is 4.79 Å². The van der Waals surface area contributed by atoms with Crippen molar-refractivity contribution in [3.63, 3.8) is 0 Å². The average molecular weight is 187 g/mol. The summed E-state index contributed by atoms with van der Waals surface area (Å²) in [6.45, 7) is 0. The summed E-state index contributed by atoms with van der Waals surface area (Å²) in [6.07, 6.45) is 7.48. The zero-order valence-corrected chi connectivity index (χ0v) is 8.33. The van der Waals surface area contributed by atoms with Gasteiger partial charge < -0.3 is 0 Å². The van der Waals surface area contributed by atoms with Gasteiger partial charge in [0.2, 0.25) is 0 Å². The van der Waals surface area contributed by atoms with Crippen LogP contribution >= 0.6 is 0 Å². The molecule has 1 saturated carbocycles. The van der Waals surface area contributed by atoms with E-state index in [9.17, 15) is 4.79 Å². The molecule has 1 fully saturated rings. The third-order valence-electron chi connectivity index (χ3n) is 3.05. The quantitative estimate of drug-likeness (QED) is 0.649. The molecule has 2 rings (SSSR count). The van der Waals surface area contributed by atoms with Gasteiger partial charge in [-0.05, 0) is 36.5 Å². The number of carbonyl (C=O) groups is 1. The van der Waals surface area contributed by atoms with Crippen molar-refractivity contribution < 1.29 is 4.79 Å². The minimum absolute atomic E-state index is 0.678. The molecule has 1 aromatic carbocycles. The Kier molecular flexibility index (Phi) is 2.97. The second kappa shape index (κ2) is 4.41. The molecule has 1 nitrogen and oxygen atoms in total. The van der Waals surface area contributed by atoms with Crippen LogP contribution in [0.25, 0.3) is 0 Å². The molecule has 0 amide bonds. The third-order valence-corrected chi connectivity index (χ3v) is 3.05. The van der Waals surface area contributed by atoms with Crippen molar-refractivity contribution in [1.29, 1.82) is 0 Å². The zero-order valence-electron chi connectivity index (χ0n) is 8.33. The molecule has 1 radical (unpaired) electrons. The Morgan fingerprint density at radius 3 is 2.79 bits per heavy atom. The molecule has 0 aliphatic heterocycles. The predicted molar refractivity (Wildman–Crippen MR) is 56.5 cm³/mol. The lowest BCUT2D eigenvalue weighted by atomic mass is 9.84. The maximum Gasteiger partial charge on any atom is 0.150 e. The van der Waals surface area contributed by atoms with Crippen LogP contribution in [0.3, 0.4) is 0 Å². The fourth-order valence-electron chi connectivity index (χ4n) is 2.26. The summed E-state index contributed by atoms with van der Waals surface area (Å²) < 4.78 is 0. The smallest absolute Gasteiger partial charge is 0.150 e. The van der Waals surface area contributed by atoms with E-state index in [1.807, 2.05) is 12.1 Å². The lowest BCUT2D eigenvalue weighted by Gasteiger charge is -2.21. The van der Waals surface area contributed by atoms with Crippen molar-refractivity contribution in [3.8, 4) is 0 Å². The summed E-state index contributed by atoms with van der Waals surface area (Å²) in [5, 5.41) is 0. The fourth-order valence-corrected chi connectivity index (χ4v) is 2.26. The van der Waals surface area contributed by atoms with E-state index in [-0.39, 0.29) is 0 Å². The first-order valence-corrected chi connectivity index (χ1v) is 5.37. The Balaban J connectivity index is 2.17. The van der Waals surface area contributed by atoms with Gasteiger partial charge in [0, 0.05) is 5.56 Å². The van der Waals surface area contributed by atoms with E-state index in [1.54, 1.807) is 0 Å². The van der Waals surface area contributed by atoms with E-state index >= 15 is 0 Å². The standard InChI is InChI=1S/C13H15O/c14-10-11-5-4-8-13(9-11)12-6-2-1-3-7-12/h4,8-10,12H,1-3,6-7H2. The summed E-state index contributed by atoms with van der Waals surface area (Å²) in [4.78, 5) is 10.6. The first-order valence-electron chi connectivity index (χ1n) is 5.37. The number of rotatable bonds is 2. The Bertz CT molecular complexity index is 311. The van der Waals surface area contributed by atoms with Gasteiger partial charge in [-0.2, -0.15) is 0 Å². The van der Waals surface area contributed by atoms with Crippen molar-refractivity contribution in [2.75, 3.05) is 0 Å². The molecule has 1 heteroatoms. The van der Waals surface area contributed by atoms with Crippen molar-refractivity contribution in [1.82, 2.24) is 0 Å². The lowest BCUT2D eigenvalue weighted by molar-refractivity contribution is 0.112. The van der Waals surface area contributed by atoms with Gasteiger partial charge in [0.05, 0.1) is 0 Å². The largest absolute Gasteiger partial charge is 0.298 e. The molecule has 73 valence electrons. The average Bonchev–Trinajstić information content (AvgIpc) is 2.30. The van der Waals surface area contributed by atoms with Gasteiger partial charge in [0.15, 0.2) is 6.29 Å². The van der Waals surface area contributed by atoms with Crippen LogP contribution in [-0.2, 0) is 0 Å². The number of hydrogen-bond donors (Lipinski definition) is 0. The highest BCUT2D eigenvalue weighted by molar-refractivity contribution is 5.74. The summed E-state index contributed by atoms with van der Waals surface area (Å²) in [7, 11) is 0. The van der Waals surface area contributed by atoms with Crippen LogP contribution in [0, 0.1) is 6.07 Å². The summed E-state index contributed by atoms with van der Waals surface area (Å²) >= 11 is 0. The predicted octanol–water partition coefficient (Wildman–Crippen LogP) is 3.35. The van der Waals surface area contributed by atoms with Crippen LogP contribution in [0.5, 0.6) is 0 Å². The molecule has 0 spiro atoms. The molecule has 0 atom stereocenters. The highest BCUT2D eigenvalue weighted by Crippen LogP contribution is 2.32. The van der Waals surface area contributed by atoms with Crippen LogP contribution < -0.4 is 0 Å². The van der Waals surface area contributed by atoms with Gasteiger partial charge in [-0.15, -0.1) is 0 Å². The molecule has 0 heterocycles. The lowest BCUT2D eigenvalue weighted by Crippen LogP contribution is -2.04.